The number of nitrogens with zero attached hydrogens (tertiary/aromatic N) is 1. The van der Waals surface area contributed by atoms with Gasteiger partial charge in [0.05, 0.1) is 9.81 Å². The van der Waals surface area contributed by atoms with Crippen LogP contribution in [0.1, 0.15) is 105 Å². The highest BCUT2D eigenvalue weighted by Gasteiger charge is 2.41. The fraction of sp³-hybridized carbons (Fsp3) is 0.833. The number of rotatable bonds is 11. The van der Waals surface area contributed by atoms with Crippen molar-refractivity contribution < 1.29 is 9.59 Å². The second-order valence-electron chi connectivity index (χ2n) is 8.87. The summed E-state index contributed by atoms with van der Waals surface area (Å²) >= 11 is 3.36. The first-order valence-electron chi connectivity index (χ1n) is 11.9. The summed E-state index contributed by atoms with van der Waals surface area (Å²) < 4.78 is 0. The molecular weight excluding hydrogens is 398 g/mol. The van der Waals surface area contributed by atoms with E-state index in [0.717, 1.165) is 34.3 Å². The van der Waals surface area contributed by atoms with E-state index < -0.39 is 0 Å². The first kappa shape index (κ1) is 24.8. The van der Waals surface area contributed by atoms with Crippen LogP contribution in [0.4, 0.5) is 0 Å². The maximum absolute atomic E-state index is 13.2. The number of hydrogen-bond donors (Lipinski definition) is 0. The Labute approximate surface area is 187 Å². The summed E-state index contributed by atoms with van der Waals surface area (Å²) in [5.41, 5.74) is 0. The maximum atomic E-state index is 13.2. The van der Waals surface area contributed by atoms with Crippen molar-refractivity contribution in [2.75, 3.05) is 5.75 Å². The van der Waals surface area contributed by atoms with E-state index in [4.69, 9.17) is 0 Å². The lowest BCUT2D eigenvalue weighted by Gasteiger charge is -2.23. The zero-order valence-electron chi connectivity index (χ0n) is 19.0. The summed E-state index contributed by atoms with van der Waals surface area (Å²) in [6.07, 6.45) is 14.4. The average molecular weight is 440 g/mol. The number of amides is 2. The number of thioether (sulfide) groups is 2. The quantitative estimate of drug-likeness (QED) is 0.253. The van der Waals surface area contributed by atoms with Crippen LogP contribution < -0.4 is 0 Å². The van der Waals surface area contributed by atoms with Gasteiger partial charge >= 0.3 is 0 Å². The van der Waals surface area contributed by atoms with Crippen LogP contribution in [-0.4, -0.2) is 33.8 Å². The Kier molecular flexibility index (Phi) is 11.2. The summed E-state index contributed by atoms with van der Waals surface area (Å²) in [7, 11) is 0. The maximum Gasteiger partial charge on any atom is 0.268 e. The molecule has 2 amide bonds. The van der Waals surface area contributed by atoms with Gasteiger partial charge in [0.1, 0.15) is 0 Å². The zero-order chi connectivity index (χ0) is 21.2. The highest BCUT2D eigenvalue weighted by Crippen LogP contribution is 2.42. The SMILES string of the molecule is CCC[C@@H](C)CCCSC1=C(SC2CCCCCCC2)C(=O)N(C(C)CC)C1=O. The highest BCUT2D eigenvalue weighted by atomic mass is 32.2. The van der Waals surface area contributed by atoms with E-state index in [2.05, 4.69) is 13.8 Å². The molecule has 2 rings (SSSR count). The van der Waals surface area contributed by atoms with Crippen LogP contribution in [-0.2, 0) is 9.59 Å². The number of carbonyl (C=O) groups is 2. The molecule has 1 saturated carbocycles. The van der Waals surface area contributed by atoms with Gasteiger partial charge in [0, 0.05) is 11.3 Å². The molecule has 0 N–H and O–H groups in total. The van der Waals surface area contributed by atoms with Gasteiger partial charge in [-0.15, -0.1) is 23.5 Å². The van der Waals surface area contributed by atoms with E-state index in [0.29, 0.717) is 5.25 Å². The number of carbonyl (C=O) groups excluding carboxylic acids is 2. The molecule has 0 aromatic rings. The Hall–Kier alpha value is -0.420. The van der Waals surface area contributed by atoms with Crippen molar-refractivity contribution >= 4 is 35.3 Å². The van der Waals surface area contributed by atoms with Gasteiger partial charge in [-0.05, 0) is 50.7 Å². The van der Waals surface area contributed by atoms with Crippen molar-refractivity contribution in [3.8, 4) is 0 Å². The van der Waals surface area contributed by atoms with E-state index in [-0.39, 0.29) is 17.9 Å². The summed E-state index contributed by atoms with van der Waals surface area (Å²) in [6, 6.07) is -0.0226. The van der Waals surface area contributed by atoms with Gasteiger partial charge in [0.15, 0.2) is 0 Å². The summed E-state index contributed by atoms with van der Waals surface area (Å²) in [5.74, 6) is 1.62. The van der Waals surface area contributed by atoms with Gasteiger partial charge < -0.3 is 0 Å². The van der Waals surface area contributed by atoms with Crippen LogP contribution in [0.15, 0.2) is 9.81 Å². The molecule has 0 aromatic carbocycles. The number of hydrogen-bond acceptors (Lipinski definition) is 4. The van der Waals surface area contributed by atoms with Crippen LogP contribution in [0.5, 0.6) is 0 Å². The molecule has 166 valence electrons. The minimum Gasteiger partial charge on any atom is -0.271 e. The third-order valence-corrected chi connectivity index (χ3v) is 8.98. The normalized spacial score (nSPS) is 21.4. The summed E-state index contributed by atoms with van der Waals surface area (Å²) in [5, 5.41) is 0.485. The third kappa shape index (κ3) is 7.34. The van der Waals surface area contributed by atoms with E-state index in [9.17, 15) is 9.59 Å². The molecule has 0 bridgehead atoms. The molecule has 1 aliphatic carbocycles. The van der Waals surface area contributed by atoms with Crippen LogP contribution in [0.2, 0.25) is 0 Å². The topological polar surface area (TPSA) is 37.4 Å². The Balaban J connectivity index is 2.07. The molecule has 1 fully saturated rings. The Bertz CT molecular complexity index is 567. The summed E-state index contributed by atoms with van der Waals surface area (Å²) in [4.78, 5) is 29.4. The molecule has 2 aliphatic rings. The molecule has 0 aromatic heterocycles. The second-order valence-corrected chi connectivity index (χ2v) is 11.3. The Morgan fingerprint density at radius 1 is 0.931 bits per heavy atom. The lowest BCUT2D eigenvalue weighted by molar-refractivity contribution is -0.139. The molecule has 5 heteroatoms. The van der Waals surface area contributed by atoms with Crippen molar-refractivity contribution in [3.05, 3.63) is 9.81 Å². The molecular formula is C24H41NO2S2. The van der Waals surface area contributed by atoms with Crippen LogP contribution in [0.3, 0.4) is 0 Å². The van der Waals surface area contributed by atoms with Gasteiger partial charge in [-0.25, -0.2) is 0 Å². The Morgan fingerprint density at radius 3 is 2.17 bits per heavy atom. The monoisotopic (exact) mass is 439 g/mol. The number of imide groups is 1. The average Bonchev–Trinajstić information content (AvgIpc) is 2.90. The van der Waals surface area contributed by atoms with Crippen LogP contribution >= 0.6 is 23.5 Å². The molecule has 0 spiro atoms. The smallest absolute Gasteiger partial charge is 0.268 e. The van der Waals surface area contributed by atoms with Crippen molar-refractivity contribution in [1.29, 1.82) is 0 Å². The van der Waals surface area contributed by atoms with Gasteiger partial charge in [-0.1, -0.05) is 65.7 Å². The van der Waals surface area contributed by atoms with E-state index in [1.54, 1.807) is 23.5 Å². The van der Waals surface area contributed by atoms with Gasteiger partial charge in [-0.2, -0.15) is 0 Å². The standard InChI is InChI=1S/C24H41NO2S2/c1-5-13-18(3)14-12-17-28-21-22(24(27)25(23(21)26)19(4)6-2)29-20-15-10-8-7-9-11-16-20/h18-20H,5-17H2,1-4H3/t18-,19?/m1/s1. The van der Waals surface area contributed by atoms with Crippen LogP contribution in [0, 0.1) is 5.92 Å². The second kappa shape index (κ2) is 13.1. The van der Waals surface area contributed by atoms with E-state index >= 15 is 0 Å². The van der Waals surface area contributed by atoms with E-state index in [1.807, 2.05) is 13.8 Å². The zero-order valence-corrected chi connectivity index (χ0v) is 20.6. The third-order valence-electron chi connectivity index (χ3n) is 6.27. The largest absolute Gasteiger partial charge is 0.271 e. The molecule has 29 heavy (non-hydrogen) atoms. The van der Waals surface area contributed by atoms with Crippen molar-refractivity contribution in [1.82, 2.24) is 4.90 Å². The fourth-order valence-electron chi connectivity index (χ4n) is 4.27. The molecule has 0 saturated heterocycles. The first-order valence-corrected chi connectivity index (χ1v) is 13.8. The predicted molar refractivity (Wildman–Crippen MR) is 128 cm³/mol. The Morgan fingerprint density at radius 2 is 1.55 bits per heavy atom. The van der Waals surface area contributed by atoms with Gasteiger partial charge in [0.2, 0.25) is 0 Å². The van der Waals surface area contributed by atoms with E-state index in [1.165, 1.54) is 69.1 Å². The van der Waals surface area contributed by atoms with Crippen molar-refractivity contribution in [2.24, 2.45) is 5.92 Å². The predicted octanol–water partition coefficient (Wildman–Crippen LogP) is 7.16. The molecule has 1 aliphatic heterocycles. The van der Waals surface area contributed by atoms with Crippen LogP contribution in [0.25, 0.3) is 0 Å². The minimum absolute atomic E-state index is 0.0226. The molecule has 0 radical (unpaired) electrons. The lowest BCUT2D eigenvalue weighted by Crippen LogP contribution is -2.38. The van der Waals surface area contributed by atoms with Crippen molar-refractivity contribution in [3.63, 3.8) is 0 Å². The van der Waals surface area contributed by atoms with Gasteiger partial charge in [-0.3, -0.25) is 14.5 Å². The molecule has 1 unspecified atom stereocenters. The molecule has 3 nitrogen and oxygen atoms in total. The first-order chi connectivity index (χ1) is 14.0. The summed E-state index contributed by atoms with van der Waals surface area (Å²) in [6.45, 7) is 8.60. The van der Waals surface area contributed by atoms with Gasteiger partial charge in [0.25, 0.3) is 11.8 Å². The minimum atomic E-state index is -0.0377. The highest BCUT2D eigenvalue weighted by molar-refractivity contribution is 8.08. The van der Waals surface area contributed by atoms with Crippen molar-refractivity contribution in [2.45, 2.75) is 116 Å². The molecule has 1 heterocycles. The lowest BCUT2D eigenvalue weighted by atomic mass is 10.0. The fourth-order valence-corrected chi connectivity index (χ4v) is 6.84. The molecule has 2 atom stereocenters.